The summed E-state index contributed by atoms with van der Waals surface area (Å²) in [7, 11) is 0. The first kappa shape index (κ1) is 8.02. The van der Waals surface area contributed by atoms with Crippen LogP contribution in [0.3, 0.4) is 0 Å². The summed E-state index contributed by atoms with van der Waals surface area (Å²) in [5, 5.41) is 5.66. The maximum atomic E-state index is 3.41. The smallest absolute Gasteiger partial charge is 0.0294 e. The van der Waals surface area contributed by atoms with Crippen molar-refractivity contribution in [1.82, 2.24) is 5.32 Å². The summed E-state index contributed by atoms with van der Waals surface area (Å²) in [4.78, 5) is 1.41. The van der Waals surface area contributed by atoms with Crippen molar-refractivity contribution in [1.29, 1.82) is 0 Å². The SMILES string of the molecule is Cc1cc(CC2C=CCN2)cs1. The molecule has 12 heavy (non-hydrogen) atoms. The first-order valence-corrected chi connectivity index (χ1v) is 5.16. The molecule has 2 rings (SSSR count). The largest absolute Gasteiger partial charge is 0.307 e. The average molecular weight is 179 g/mol. The summed E-state index contributed by atoms with van der Waals surface area (Å²) in [6.07, 6.45) is 5.59. The highest BCUT2D eigenvalue weighted by Crippen LogP contribution is 2.15. The van der Waals surface area contributed by atoms with Crippen LogP contribution in [0, 0.1) is 6.92 Å². The molecule has 1 unspecified atom stereocenters. The number of rotatable bonds is 2. The molecule has 0 aliphatic carbocycles. The van der Waals surface area contributed by atoms with Crippen LogP contribution in [-0.4, -0.2) is 12.6 Å². The molecule has 0 bridgehead atoms. The molecule has 1 aromatic rings. The van der Waals surface area contributed by atoms with Crippen LogP contribution in [0.5, 0.6) is 0 Å². The van der Waals surface area contributed by atoms with E-state index in [9.17, 15) is 0 Å². The zero-order chi connectivity index (χ0) is 8.39. The Hall–Kier alpha value is -0.600. The molecule has 1 aliphatic heterocycles. The standard InChI is InChI=1S/C10H13NS/c1-8-5-9(7-12-8)6-10-3-2-4-11-10/h2-3,5,7,10-11H,4,6H2,1H3. The normalized spacial score (nSPS) is 21.9. The quantitative estimate of drug-likeness (QED) is 0.686. The number of aryl methyl sites for hydroxylation is 1. The topological polar surface area (TPSA) is 12.0 Å². The van der Waals surface area contributed by atoms with Crippen molar-refractivity contribution >= 4 is 11.3 Å². The Kier molecular flexibility index (Phi) is 2.28. The van der Waals surface area contributed by atoms with Crippen molar-refractivity contribution < 1.29 is 0 Å². The summed E-state index contributed by atoms with van der Waals surface area (Å²) in [5.74, 6) is 0. The van der Waals surface area contributed by atoms with Gasteiger partial charge < -0.3 is 5.32 Å². The van der Waals surface area contributed by atoms with Crippen LogP contribution in [0.4, 0.5) is 0 Å². The predicted octanol–water partition coefficient (Wildman–Crippen LogP) is 2.13. The second-order valence-electron chi connectivity index (χ2n) is 3.21. The van der Waals surface area contributed by atoms with Crippen LogP contribution in [0.25, 0.3) is 0 Å². The van der Waals surface area contributed by atoms with Gasteiger partial charge in [0.2, 0.25) is 0 Å². The molecule has 0 saturated heterocycles. The molecular weight excluding hydrogens is 166 g/mol. The number of nitrogens with one attached hydrogen (secondary N) is 1. The highest BCUT2D eigenvalue weighted by atomic mass is 32.1. The van der Waals surface area contributed by atoms with Gasteiger partial charge in [0, 0.05) is 17.5 Å². The van der Waals surface area contributed by atoms with Gasteiger partial charge in [0.1, 0.15) is 0 Å². The highest BCUT2D eigenvalue weighted by molar-refractivity contribution is 7.10. The van der Waals surface area contributed by atoms with Crippen LogP contribution < -0.4 is 5.32 Å². The van der Waals surface area contributed by atoms with Crippen LogP contribution in [0.1, 0.15) is 10.4 Å². The van der Waals surface area contributed by atoms with Gasteiger partial charge in [0.05, 0.1) is 0 Å². The fourth-order valence-electron chi connectivity index (χ4n) is 1.52. The van der Waals surface area contributed by atoms with Crippen molar-refractivity contribution in [3.63, 3.8) is 0 Å². The molecule has 0 radical (unpaired) electrons. The molecule has 1 atom stereocenters. The van der Waals surface area contributed by atoms with E-state index >= 15 is 0 Å². The molecule has 1 aliphatic rings. The van der Waals surface area contributed by atoms with E-state index in [1.165, 1.54) is 10.4 Å². The molecule has 1 nitrogen and oxygen atoms in total. The molecule has 1 N–H and O–H groups in total. The molecule has 1 aromatic heterocycles. The Bertz CT molecular complexity index is 288. The van der Waals surface area contributed by atoms with Gasteiger partial charge in [-0.25, -0.2) is 0 Å². The second-order valence-corrected chi connectivity index (χ2v) is 4.33. The summed E-state index contributed by atoms with van der Waals surface area (Å²) in [6.45, 7) is 3.19. The molecular formula is C10H13NS. The minimum Gasteiger partial charge on any atom is -0.307 e. The van der Waals surface area contributed by atoms with Crippen molar-refractivity contribution in [2.24, 2.45) is 0 Å². The fourth-order valence-corrected chi connectivity index (χ4v) is 2.24. The Labute approximate surface area is 77.1 Å². The molecule has 64 valence electrons. The van der Waals surface area contributed by atoms with Crippen LogP contribution in [-0.2, 0) is 6.42 Å². The van der Waals surface area contributed by atoms with Gasteiger partial charge in [-0.3, -0.25) is 0 Å². The Morgan fingerprint density at radius 3 is 3.17 bits per heavy atom. The van der Waals surface area contributed by atoms with Gasteiger partial charge in [-0.2, -0.15) is 0 Å². The predicted molar refractivity (Wildman–Crippen MR) is 53.7 cm³/mol. The summed E-state index contributed by atoms with van der Waals surface area (Å²) >= 11 is 1.84. The van der Waals surface area contributed by atoms with Crippen molar-refractivity contribution in [3.05, 3.63) is 34.0 Å². The van der Waals surface area contributed by atoms with Crippen LogP contribution in [0.15, 0.2) is 23.6 Å². The molecule has 2 heteroatoms. The first-order valence-electron chi connectivity index (χ1n) is 4.28. The first-order chi connectivity index (χ1) is 5.84. The summed E-state index contributed by atoms with van der Waals surface area (Å²) in [5.41, 5.74) is 1.46. The third-order valence-corrected chi connectivity index (χ3v) is 3.02. The summed E-state index contributed by atoms with van der Waals surface area (Å²) < 4.78 is 0. The maximum Gasteiger partial charge on any atom is 0.0294 e. The maximum absolute atomic E-state index is 3.41. The Balaban J connectivity index is 1.98. The third-order valence-electron chi connectivity index (χ3n) is 2.11. The molecule has 0 spiro atoms. The van der Waals surface area contributed by atoms with Crippen LogP contribution in [0.2, 0.25) is 0 Å². The molecule has 0 fully saturated rings. The number of hydrogen-bond donors (Lipinski definition) is 1. The monoisotopic (exact) mass is 179 g/mol. The fraction of sp³-hybridized carbons (Fsp3) is 0.400. The lowest BCUT2D eigenvalue weighted by Gasteiger charge is -2.06. The zero-order valence-corrected chi connectivity index (χ0v) is 8.03. The lowest BCUT2D eigenvalue weighted by molar-refractivity contribution is 0.666. The van der Waals surface area contributed by atoms with E-state index in [2.05, 4.69) is 35.8 Å². The van der Waals surface area contributed by atoms with E-state index in [-0.39, 0.29) is 0 Å². The number of thiophene rings is 1. The van der Waals surface area contributed by atoms with Gasteiger partial charge in [-0.05, 0) is 30.4 Å². The average Bonchev–Trinajstić information content (AvgIpc) is 2.63. The molecule has 2 heterocycles. The Morgan fingerprint density at radius 2 is 2.58 bits per heavy atom. The van der Waals surface area contributed by atoms with E-state index in [0.717, 1.165) is 13.0 Å². The van der Waals surface area contributed by atoms with Crippen molar-refractivity contribution in [2.75, 3.05) is 6.54 Å². The van der Waals surface area contributed by atoms with Gasteiger partial charge in [0.25, 0.3) is 0 Å². The van der Waals surface area contributed by atoms with Crippen molar-refractivity contribution in [2.45, 2.75) is 19.4 Å². The minimum absolute atomic E-state index is 0.569. The zero-order valence-electron chi connectivity index (χ0n) is 7.21. The number of hydrogen-bond acceptors (Lipinski definition) is 2. The van der Waals surface area contributed by atoms with E-state index in [0.29, 0.717) is 6.04 Å². The van der Waals surface area contributed by atoms with Gasteiger partial charge in [-0.1, -0.05) is 12.2 Å². The van der Waals surface area contributed by atoms with E-state index < -0.39 is 0 Å². The van der Waals surface area contributed by atoms with E-state index in [1.54, 1.807) is 0 Å². The second kappa shape index (κ2) is 3.42. The minimum atomic E-state index is 0.569. The van der Waals surface area contributed by atoms with Crippen molar-refractivity contribution in [3.8, 4) is 0 Å². The molecule has 0 aromatic carbocycles. The van der Waals surface area contributed by atoms with Gasteiger partial charge >= 0.3 is 0 Å². The van der Waals surface area contributed by atoms with Crippen LogP contribution >= 0.6 is 11.3 Å². The lowest BCUT2D eigenvalue weighted by atomic mass is 10.1. The van der Waals surface area contributed by atoms with E-state index in [1.807, 2.05) is 11.3 Å². The van der Waals surface area contributed by atoms with E-state index in [4.69, 9.17) is 0 Å². The lowest BCUT2D eigenvalue weighted by Crippen LogP contribution is -2.23. The van der Waals surface area contributed by atoms with Gasteiger partial charge in [-0.15, -0.1) is 11.3 Å². The summed E-state index contributed by atoms with van der Waals surface area (Å²) in [6, 6.07) is 2.84. The highest BCUT2D eigenvalue weighted by Gasteiger charge is 2.08. The van der Waals surface area contributed by atoms with Gasteiger partial charge in [0.15, 0.2) is 0 Å². The molecule has 0 saturated carbocycles. The molecule has 0 amide bonds. The Morgan fingerprint density at radius 1 is 1.67 bits per heavy atom. The third kappa shape index (κ3) is 1.76.